The third kappa shape index (κ3) is 33.8. The van der Waals surface area contributed by atoms with Crippen LogP contribution in [-0.4, -0.2) is 37.2 Å². The highest BCUT2D eigenvalue weighted by atomic mass is 16.6. The van der Waals surface area contributed by atoms with E-state index in [1.807, 2.05) is 0 Å². The molecule has 46 heavy (non-hydrogen) atoms. The number of carbonyl (C=O) groups is 3. The predicted octanol–water partition coefficient (Wildman–Crippen LogP) is 12.1. The molecule has 1 atom stereocenters. The summed E-state index contributed by atoms with van der Waals surface area (Å²) < 4.78 is 16.6. The van der Waals surface area contributed by atoms with Gasteiger partial charge in [0.2, 0.25) is 0 Å². The lowest BCUT2D eigenvalue weighted by Gasteiger charge is -2.18. The smallest absolute Gasteiger partial charge is 0.306 e. The Kier molecular flexibility index (Phi) is 35.0. The van der Waals surface area contributed by atoms with Crippen molar-refractivity contribution in [3.05, 3.63) is 0 Å². The zero-order chi connectivity index (χ0) is 33.8. The normalized spacial score (nSPS) is 11.8. The van der Waals surface area contributed by atoms with Crippen LogP contribution in [0.3, 0.4) is 0 Å². The molecule has 0 radical (unpaired) electrons. The highest BCUT2D eigenvalue weighted by Gasteiger charge is 2.19. The first-order chi connectivity index (χ1) is 22.5. The number of hydrogen-bond donors (Lipinski definition) is 0. The SMILES string of the molecule is CCCCCCCCCCCCCCC(=O)OC[C@@H](COC(=O)CCCCCCCCC)OC(=O)CCCCCCCCCCC. The molecule has 0 aliphatic rings. The zero-order valence-corrected chi connectivity index (χ0v) is 30.9. The minimum Gasteiger partial charge on any atom is -0.462 e. The molecule has 0 fully saturated rings. The Balaban J connectivity index is 4.29. The molecular weight excluding hydrogens is 576 g/mol. The van der Waals surface area contributed by atoms with Gasteiger partial charge in [-0.05, 0) is 19.3 Å². The molecule has 6 heteroatoms. The second-order valence-corrected chi connectivity index (χ2v) is 13.6. The number of ether oxygens (including phenoxy) is 3. The lowest BCUT2D eigenvalue weighted by molar-refractivity contribution is -0.167. The number of unbranched alkanes of at least 4 members (excludes halogenated alkanes) is 25. The Hall–Kier alpha value is -1.59. The average molecular weight is 653 g/mol. The lowest BCUT2D eigenvalue weighted by Crippen LogP contribution is -2.30. The van der Waals surface area contributed by atoms with Crippen LogP contribution in [0.25, 0.3) is 0 Å². The quantitative estimate of drug-likeness (QED) is 0.0381. The Morgan fingerprint density at radius 2 is 0.587 bits per heavy atom. The summed E-state index contributed by atoms with van der Waals surface area (Å²) in [4.78, 5) is 37.3. The van der Waals surface area contributed by atoms with E-state index in [-0.39, 0.29) is 31.1 Å². The fraction of sp³-hybridized carbons (Fsp3) is 0.925. The van der Waals surface area contributed by atoms with E-state index in [2.05, 4.69) is 20.8 Å². The van der Waals surface area contributed by atoms with Gasteiger partial charge in [-0.15, -0.1) is 0 Å². The highest BCUT2D eigenvalue weighted by molar-refractivity contribution is 5.71. The lowest BCUT2D eigenvalue weighted by atomic mass is 10.0. The molecule has 0 saturated heterocycles. The Bertz CT molecular complexity index is 679. The van der Waals surface area contributed by atoms with Crippen LogP contribution in [0.15, 0.2) is 0 Å². The van der Waals surface area contributed by atoms with Crippen molar-refractivity contribution in [1.29, 1.82) is 0 Å². The van der Waals surface area contributed by atoms with Gasteiger partial charge in [0.25, 0.3) is 0 Å². The molecule has 6 nitrogen and oxygen atoms in total. The zero-order valence-electron chi connectivity index (χ0n) is 30.9. The van der Waals surface area contributed by atoms with Crippen LogP contribution in [0.1, 0.15) is 220 Å². The van der Waals surface area contributed by atoms with Crippen LogP contribution in [0.4, 0.5) is 0 Å². The van der Waals surface area contributed by atoms with Crippen molar-refractivity contribution in [3.63, 3.8) is 0 Å². The summed E-state index contributed by atoms with van der Waals surface area (Å²) in [5.41, 5.74) is 0. The molecule has 0 aromatic rings. The standard InChI is InChI=1S/C40H76O6/c1-4-7-10-13-16-18-19-20-22-24-27-30-33-39(42)45-36-37(35-44-38(41)32-29-26-23-15-12-9-6-3)46-40(43)34-31-28-25-21-17-14-11-8-5-2/h37H,4-36H2,1-3H3/t37-/m1/s1. The number of hydrogen-bond acceptors (Lipinski definition) is 6. The van der Waals surface area contributed by atoms with Gasteiger partial charge in [-0.25, -0.2) is 0 Å². The van der Waals surface area contributed by atoms with Crippen LogP contribution in [0, 0.1) is 0 Å². The second-order valence-electron chi connectivity index (χ2n) is 13.6. The van der Waals surface area contributed by atoms with Gasteiger partial charge in [0, 0.05) is 19.3 Å². The second kappa shape index (κ2) is 36.2. The molecule has 0 aliphatic carbocycles. The molecule has 0 rings (SSSR count). The monoisotopic (exact) mass is 653 g/mol. The molecule has 0 heterocycles. The van der Waals surface area contributed by atoms with E-state index < -0.39 is 6.10 Å². The highest BCUT2D eigenvalue weighted by Crippen LogP contribution is 2.14. The summed E-state index contributed by atoms with van der Waals surface area (Å²) in [7, 11) is 0. The van der Waals surface area contributed by atoms with Gasteiger partial charge in [0.15, 0.2) is 6.10 Å². The van der Waals surface area contributed by atoms with Gasteiger partial charge in [-0.2, -0.15) is 0 Å². The maximum Gasteiger partial charge on any atom is 0.306 e. The summed E-state index contributed by atoms with van der Waals surface area (Å²) >= 11 is 0. The van der Waals surface area contributed by atoms with Crippen molar-refractivity contribution in [1.82, 2.24) is 0 Å². The maximum absolute atomic E-state index is 12.6. The van der Waals surface area contributed by atoms with Crippen molar-refractivity contribution in [2.75, 3.05) is 13.2 Å². The Morgan fingerprint density at radius 1 is 0.348 bits per heavy atom. The van der Waals surface area contributed by atoms with E-state index in [4.69, 9.17) is 14.2 Å². The summed E-state index contributed by atoms with van der Waals surface area (Å²) in [6.45, 7) is 6.57. The largest absolute Gasteiger partial charge is 0.462 e. The minimum absolute atomic E-state index is 0.0642. The van der Waals surface area contributed by atoms with Crippen molar-refractivity contribution in [3.8, 4) is 0 Å². The van der Waals surface area contributed by atoms with E-state index in [9.17, 15) is 14.4 Å². The predicted molar refractivity (Wildman–Crippen MR) is 192 cm³/mol. The first kappa shape index (κ1) is 44.4. The van der Waals surface area contributed by atoms with Gasteiger partial charge >= 0.3 is 17.9 Å². The van der Waals surface area contributed by atoms with E-state index >= 15 is 0 Å². The molecule has 0 saturated carbocycles. The van der Waals surface area contributed by atoms with Gasteiger partial charge in [-0.3, -0.25) is 14.4 Å². The summed E-state index contributed by atoms with van der Waals surface area (Å²) in [6.07, 6.45) is 33.8. The first-order valence-corrected chi connectivity index (χ1v) is 20.0. The Labute approximate surface area is 285 Å². The van der Waals surface area contributed by atoms with Gasteiger partial charge in [-0.1, -0.05) is 181 Å². The van der Waals surface area contributed by atoms with Crippen molar-refractivity contribution in [2.24, 2.45) is 0 Å². The van der Waals surface area contributed by atoms with Gasteiger partial charge in [0.1, 0.15) is 13.2 Å². The number of carbonyl (C=O) groups excluding carboxylic acids is 3. The maximum atomic E-state index is 12.6. The van der Waals surface area contributed by atoms with Gasteiger partial charge < -0.3 is 14.2 Å². The van der Waals surface area contributed by atoms with Crippen LogP contribution >= 0.6 is 0 Å². The van der Waals surface area contributed by atoms with E-state index in [1.54, 1.807) is 0 Å². The van der Waals surface area contributed by atoms with E-state index in [0.717, 1.165) is 57.8 Å². The molecule has 0 unspecified atom stereocenters. The molecule has 0 aliphatic heterocycles. The molecule has 272 valence electrons. The van der Waals surface area contributed by atoms with E-state index in [1.165, 1.54) is 122 Å². The molecule has 0 bridgehead atoms. The fourth-order valence-electron chi connectivity index (χ4n) is 5.79. The summed E-state index contributed by atoms with van der Waals surface area (Å²) in [6, 6.07) is 0. The third-order valence-electron chi connectivity index (χ3n) is 8.86. The van der Waals surface area contributed by atoms with E-state index in [0.29, 0.717) is 19.3 Å². The molecule has 0 N–H and O–H groups in total. The van der Waals surface area contributed by atoms with Crippen molar-refractivity contribution >= 4 is 17.9 Å². The van der Waals surface area contributed by atoms with Crippen LogP contribution in [0.2, 0.25) is 0 Å². The van der Waals surface area contributed by atoms with Crippen LogP contribution in [0.5, 0.6) is 0 Å². The van der Waals surface area contributed by atoms with Crippen molar-refractivity contribution < 1.29 is 28.6 Å². The van der Waals surface area contributed by atoms with Gasteiger partial charge in [0.05, 0.1) is 0 Å². The summed E-state index contributed by atoms with van der Waals surface area (Å²) in [5, 5.41) is 0. The molecule has 0 aromatic heterocycles. The van der Waals surface area contributed by atoms with Crippen LogP contribution < -0.4 is 0 Å². The first-order valence-electron chi connectivity index (χ1n) is 20.0. The fourth-order valence-corrected chi connectivity index (χ4v) is 5.79. The summed E-state index contributed by atoms with van der Waals surface area (Å²) in [5.74, 6) is -0.870. The molecule has 0 aromatic carbocycles. The molecular formula is C40H76O6. The number of esters is 3. The minimum atomic E-state index is -0.755. The third-order valence-corrected chi connectivity index (χ3v) is 8.86. The molecule has 0 amide bonds. The Morgan fingerprint density at radius 3 is 0.870 bits per heavy atom. The molecule has 0 spiro atoms. The average Bonchev–Trinajstić information content (AvgIpc) is 3.05. The topological polar surface area (TPSA) is 78.9 Å². The van der Waals surface area contributed by atoms with Crippen molar-refractivity contribution in [2.45, 2.75) is 226 Å². The van der Waals surface area contributed by atoms with Crippen LogP contribution in [-0.2, 0) is 28.6 Å². The number of rotatable bonds is 36.